The Balaban J connectivity index is 2.12. The summed E-state index contributed by atoms with van der Waals surface area (Å²) in [6.07, 6.45) is 0. The molecule has 3 nitrogen and oxygen atoms in total. The van der Waals surface area contributed by atoms with E-state index in [0.29, 0.717) is 9.97 Å². The van der Waals surface area contributed by atoms with E-state index in [0.717, 1.165) is 19.8 Å². The van der Waals surface area contributed by atoms with Crippen molar-refractivity contribution in [2.24, 2.45) is 0 Å². The second-order valence-corrected chi connectivity index (χ2v) is 5.28. The molecule has 2 saturated heterocycles. The fourth-order valence-corrected chi connectivity index (χ4v) is 2.85. The molecule has 70 valence electrons. The third kappa shape index (κ3) is 1.29. The molecule has 2 heterocycles. The zero-order chi connectivity index (χ0) is 8.77. The molecule has 2 atom stereocenters. The number of nitrogens with one attached hydrogen (secondary N) is 1. The van der Waals surface area contributed by atoms with Crippen LogP contribution in [0.3, 0.4) is 0 Å². The Hall–Kier alpha value is 0.610. The van der Waals surface area contributed by atoms with Crippen LogP contribution >= 0.6 is 22.6 Å². The van der Waals surface area contributed by atoms with E-state index in [9.17, 15) is 0 Å². The molecule has 0 aromatic carbocycles. The van der Waals surface area contributed by atoms with Gasteiger partial charge < -0.3 is 10.1 Å². The molecule has 0 aromatic heterocycles. The van der Waals surface area contributed by atoms with E-state index in [2.05, 4.69) is 46.7 Å². The summed E-state index contributed by atoms with van der Waals surface area (Å²) in [5.74, 6) is 0. The molecule has 12 heavy (non-hydrogen) atoms. The summed E-state index contributed by atoms with van der Waals surface area (Å²) in [7, 11) is 0. The smallest absolute Gasteiger partial charge is 0.159 e. The topological polar surface area (TPSA) is 27.8 Å². The van der Waals surface area contributed by atoms with Crippen LogP contribution in [-0.2, 0) is 4.74 Å². The minimum Gasteiger partial charge on any atom is -0.352 e. The van der Waals surface area contributed by atoms with E-state index in [1.165, 1.54) is 0 Å². The molecular formula is C8H15IN2O. The van der Waals surface area contributed by atoms with Crippen molar-refractivity contribution < 1.29 is 4.74 Å². The molecule has 0 amide bonds. The Kier molecular flexibility index (Phi) is 2.35. The highest BCUT2D eigenvalue weighted by atomic mass is 127. The lowest BCUT2D eigenvalue weighted by Gasteiger charge is -2.39. The molecule has 2 aliphatic heterocycles. The first-order chi connectivity index (χ1) is 5.67. The van der Waals surface area contributed by atoms with Crippen molar-refractivity contribution in [3.05, 3.63) is 0 Å². The highest BCUT2D eigenvalue weighted by Crippen LogP contribution is 2.41. The van der Waals surface area contributed by atoms with Crippen LogP contribution in [0, 0.1) is 0 Å². The van der Waals surface area contributed by atoms with Crippen LogP contribution in [0.1, 0.15) is 13.8 Å². The number of ether oxygens (including phenoxy) is 1. The minimum absolute atomic E-state index is 0.0833. The fraction of sp³-hybridized carbons (Fsp3) is 1.00. The number of alkyl halides is 1. The molecular weight excluding hydrogens is 267 g/mol. The average Bonchev–Trinajstić information content (AvgIpc) is 2.76. The van der Waals surface area contributed by atoms with E-state index >= 15 is 0 Å². The predicted molar refractivity (Wildman–Crippen MR) is 56.3 cm³/mol. The highest BCUT2D eigenvalue weighted by Gasteiger charge is 2.57. The Morgan fingerprint density at radius 2 is 2.33 bits per heavy atom. The second-order valence-electron chi connectivity index (χ2n) is 3.78. The van der Waals surface area contributed by atoms with E-state index in [1.54, 1.807) is 0 Å². The number of epoxide rings is 1. The van der Waals surface area contributed by atoms with Gasteiger partial charge in [-0.3, -0.25) is 4.90 Å². The lowest BCUT2D eigenvalue weighted by atomic mass is 10.1. The van der Waals surface area contributed by atoms with Gasteiger partial charge >= 0.3 is 0 Å². The van der Waals surface area contributed by atoms with Crippen LogP contribution in [0.15, 0.2) is 0 Å². The van der Waals surface area contributed by atoms with E-state index < -0.39 is 0 Å². The van der Waals surface area contributed by atoms with E-state index in [4.69, 9.17) is 4.74 Å². The normalized spacial score (nSPS) is 42.5. The van der Waals surface area contributed by atoms with Crippen molar-refractivity contribution in [1.29, 1.82) is 0 Å². The van der Waals surface area contributed by atoms with Crippen LogP contribution in [0.5, 0.6) is 0 Å². The fourth-order valence-electron chi connectivity index (χ4n) is 1.83. The van der Waals surface area contributed by atoms with Crippen molar-refractivity contribution in [3.63, 3.8) is 0 Å². The summed E-state index contributed by atoms with van der Waals surface area (Å²) in [6.45, 7) is 7.40. The summed E-state index contributed by atoms with van der Waals surface area (Å²) in [6, 6.07) is 0.567. The quantitative estimate of drug-likeness (QED) is 0.438. The zero-order valence-electron chi connectivity index (χ0n) is 7.51. The van der Waals surface area contributed by atoms with Crippen molar-refractivity contribution in [3.8, 4) is 0 Å². The number of nitrogens with zero attached hydrogens (tertiary/aromatic N) is 1. The summed E-state index contributed by atoms with van der Waals surface area (Å²) in [5, 5.41) is 3.40. The second kappa shape index (κ2) is 3.08. The van der Waals surface area contributed by atoms with Crippen molar-refractivity contribution in [1.82, 2.24) is 10.2 Å². The van der Waals surface area contributed by atoms with E-state index in [1.807, 2.05) is 0 Å². The van der Waals surface area contributed by atoms with Gasteiger partial charge in [0.05, 0.1) is 17.2 Å². The summed E-state index contributed by atoms with van der Waals surface area (Å²) in [4.78, 5) is 2.41. The highest BCUT2D eigenvalue weighted by molar-refractivity contribution is 14.1. The van der Waals surface area contributed by atoms with Crippen molar-refractivity contribution in [2.45, 2.75) is 29.5 Å². The number of hydrogen-bond acceptors (Lipinski definition) is 3. The minimum atomic E-state index is 0.0833. The lowest BCUT2D eigenvalue weighted by Crippen LogP contribution is -2.59. The van der Waals surface area contributed by atoms with Gasteiger partial charge in [-0.2, -0.15) is 0 Å². The molecule has 2 aliphatic rings. The third-order valence-corrected chi connectivity index (χ3v) is 4.06. The van der Waals surface area contributed by atoms with Crippen LogP contribution in [0.2, 0.25) is 0 Å². The lowest BCUT2D eigenvalue weighted by molar-refractivity contribution is 0.0213. The largest absolute Gasteiger partial charge is 0.352 e. The van der Waals surface area contributed by atoms with Gasteiger partial charge in [-0.05, 0) is 13.8 Å². The predicted octanol–water partition coefficient (Wildman–Crippen LogP) is 0.788. The van der Waals surface area contributed by atoms with Gasteiger partial charge in [0.1, 0.15) is 0 Å². The number of hydrogen-bond donors (Lipinski definition) is 1. The molecule has 2 rings (SSSR count). The first-order valence-electron chi connectivity index (χ1n) is 4.42. The zero-order valence-corrected chi connectivity index (χ0v) is 9.67. The van der Waals surface area contributed by atoms with Crippen LogP contribution in [0.25, 0.3) is 0 Å². The van der Waals surface area contributed by atoms with Gasteiger partial charge in [0, 0.05) is 12.6 Å². The average molecular weight is 282 g/mol. The number of halogens is 1. The SMILES string of the molecule is CC(C)N1CNCC(I)C12CO2. The maximum absolute atomic E-state index is 5.60. The first-order valence-corrected chi connectivity index (χ1v) is 5.67. The Morgan fingerprint density at radius 1 is 1.67 bits per heavy atom. The Labute approximate surface area is 87.0 Å². The monoisotopic (exact) mass is 282 g/mol. The van der Waals surface area contributed by atoms with Crippen LogP contribution in [0.4, 0.5) is 0 Å². The Bertz CT molecular complexity index is 182. The van der Waals surface area contributed by atoms with Crippen molar-refractivity contribution >= 4 is 22.6 Å². The molecule has 2 fully saturated rings. The maximum atomic E-state index is 5.60. The van der Waals surface area contributed by atoms with Crippen LogP contribution < -0.4 is 5.32 Å². The molecule has 1 N–H and O–H groups in total. The molecule has 0 radical (unpaired) electrons. The van der Waals surface area contributed by atoms with Gasteiger partial charge in [0.15, 0.2) is 5.72 Å². The van der Waals surface area contributed by atoms with Gasteiger partial charge in [0.2, 0.25) is 0 Å². The van der Waals surface area contributed by atoms with Crippen LogP contribution in [-0.4, -0.2) is 40.4 Å². The van der Waals surface area contributed by atoms with Gasteiger partial charge in [-0.25, -0.2) is 0 Å². The van der Waals surface area contributed by atoms with E-state index in [-0.39, 0.29) is 5.72 Å². The molecule has 0 aromatic rings. The van der Waals surface area contributed by atoms with Gasteiger partial charge in [0.25, 0.3) is 0 Å². The summed E-state index contributed by atoms with van der Waals surface area (Å²) >= 11 is 2.48. The maximum Gasteiger partial charge on any atom is 0.159 e. The standard InChI is InChI=1S/C8H15IN2O/c1-6(2)11-5-10-3-7(9)8(11)4-12-8/h6-7,10H,3-5H2,1-2H3. The first kappa shape index (κ1) is 9.18. The molecule has 0 aliphatic carbocycles. The summed E-state index contributed by atoms with van der Waals surface area (Å²) in [5.41, 5.74) is 0.0833. The molecule has 1 spiro atoms. The molecule has 0 bridgehead atoms. The Morgan fingerprint density at radius 3 is 2.75 bits per heavy atom. The van der Waals surface area contributed by atoms with Gasteiger partial charge in [-0.1, -0.05) is 22.6 Å². The molecule has 0 saturated carbocycles. The van der Waals surface area contributed by atoms with Gasteiger partial charge in [-0.15, -0.1) is 0 Å². The van der Waals surface area contributed by atoms with Crippen molar-refractivity contribution in [2.75, 3.05) is 19.8 Å². The molecule has 2 unspecified atom stereocenters. The third-order valence-electron chi connectivity index (χ3n) is 2.64. The number of rotatable bonds is 1. The summed E-state index contributed by atoms with van der Waals surface area (Å²) < 4.78 is 6.19. The molecule has 4 heteroatoms.